The quantitative estimate of drug-likeness (QED) is 0.356. The van der Waals surface area contributed by atoms with Gasteiger partial charge in [-0.2, -0.15) is 0 Å². The number of rotatable bonds is 4. The molecule has 134 valence electrons. The van der Waals surface area contributed by atoms with Crippen LogP contribution in [0.5, 0.6) is 0 Å². The maximum absolute atomic E-state index is 15.0. The molecule has 0 aliphatic carbocycles. The highest BCUT2D eigenvalue weighted by molar-refractivity contribution is 5.91. The van der Waals surface area contributed by atoms with Gasteiger partial charge in [0, 0.05) is 10.9 Å². The van der Waals surface area contributed by atoms with Crippen molar-refractivity contribution >= 4 is 10.8 Å². The van der Waals surface area contributed by atoms with E-state index in [4.69, 9.17) is 0 Å². The number of aryl methyl sites for hydroxylation is 1. The second kappa shape index (κ2) is 7.32. The molecule has 0 bridgehead atoms. The van der Waals surface area contributed by atoms with Gasteiger partial charge in [-0.25, -0.2) is 8.78 Å². The normalized spacial score (nSPS) is 11.1. The highest BCUT2D eigenvalue weighted by atomic mass is 19.1. The van der Waals surface area contributed by atoms with Crippen LogP contribution in [-0.4, -0.2) is 0 Å². The molecule has 4 aromatic rings. The Morgan fingerprint density at radius 1 is 0.704 bits per heavy atom. The minimum absolute atomic E-state index is 0.317. The lowest BCUT2D eigenvalue weighted by Crippen LogP contribution is -1.89. The average molecular weight is 358 g/mol. The van der Waals surface area contributed by atoms with Gasteiger partial charge in [-0.3, -0.25) is 0 Å². The van der Waals surface area contributed by atoms with Crippen LogP contribution in [0.3, 0.4) is 0 Å². The monoisotopic (exact) mass is 358 g/mol. The summed E-state index contributed by atoms with van der Waals surface area (Å²) in [4.78, 5) is 0. The van der Waals surface area contributed by atoms with Crippen molar-refractivity contribution in [3.8, 4) is 22.3 Å². The minimum Gasteiger partial charge on any atom is -0.207 e. The number of benzene rings is 4. The molecule has 4 rings (SSSR count). The molecule has 0 spiro atoms. The highest BCUT2D eigenvalue weighted by Gasteiger charge is 2.11. The third-order valence-electron chi connectivity index (χ3n) is 4.92. The Kier molecular flexibility index (Phi) is 4.72. The van der Waals surface area contributed by atoms with E-state index < -0.39 is 0 Å². The molecule has 0 saturated heterocycles. The van der Waals surface area contributed by atoms with E-state index in [1.54, 1.807) is 18.2 Å². The van der Waals surface area contributed by atoms with Crippen LogP contribution in [0.1, 0.15) is 18.9 Å². The van der Waals surface area contributed by atoms with Gasteiger partial charge in [0.25, 0.3) is 0 Å². The Morgan fingerprint density at radius 2 is 1.48 bits per heavy atom. The second-order valence-electron chi connectivity index (χ2n) is 6.82. The molecule has 0 amide bonds. The van der Waals surface area contributed by atoms with Crippen molar-refractivity contribution in [1.82, 2.24) is 0 Å². The summed E-state index contributed by atoms with van der Waals surface area (Å²) in [5, 5.41) is 1.38. The predicted molar refractivity (Wildman–Crippen MR) is 109 cm³/mol. The van der Waals surface area contributed by atoms with Crippen LogP contribution in [0.2, 0.25) is 0 Å². The molecule has 27 heavy (non-hydrogen) atoms. The smallest absolute Gasteiger partial charge is 0.138 e. The maximum atomic E-state index is 15.0. The summed E-state index contributed by atoms with van der Waals surface area (Å²) >= 11 is 0. The van der Waals surface area contributed by atoms with Crippen LogP contribution >= 0.6 is 0 Å². The molecule has 0 saturated carbocycles. The first-order chi connectivity index (χ1) is 13.2. The van der Waals surface area contributed by atoms with Crippen LogP contribution in [0.25, 0.3) is 33.0 Å². The van der Waals surface area contributed by atoms with Crippen molar-refractivity contribution in [2.75, 3.05) is 0 Å². The van der Waals surface area contributed by atoms with E-state index in [0.29, 0.717) is 16.5 Å². The topological polar surface area (TPSA) is 0 Å². The first kappa shape index (κ1) is 17.4. The Hall–Kier alpha value is -3.00. The molecule has 0 N–H and O–H groups in total. The van der Waals surface area contributed by atoms with Gasteiger partial charge in [-0.1, -0.05) is 74.0 Å². The van der Waals surface area contributed by atoms with Crippen LogP contribution < -0.4 is 0 Å². The van der Waals surface area contributed by atoms with Crippen molar-refractivity contribution in [2.45, 2.75) is 19.8 Å². The molecule has 0 atom stereocenters. The summed E-state index contributed by atoms with van der Waals surface area (Å²) in [6, 6.07) is 23.9. The minimum atomic E-state index is -0.367. The molecule has 2 heteroatoms. The second-order valence-corrected chi connectivity index (χ2v) is 6.82. The predicted octanol–water partition coefficient (Wildman–Crippen LogP) is 7.40. The van der Waals surface area contributed by atoms with Crippen molar-refractivity contribution in [1.29, 1.82) is 0 Å². The van der Waals surface area contributed by atoms with Gasteiger partial charge in [0.2, 0.25) is 0 Å². The first-order valence-electron chi connectivity index (χ1n) is 9.23. The Bertz CT molecular complexity index is 1100. The van der Waals surface area contributed by atoms with Crippen molar-refractivity contribution in [2.24, 2.45) is 0 Å². The average Bonchev–Trinajstić information content (AvgIpc) is 2.69. The van der Waals surface area contributed by atoms with Crippen LogP contribution in [0, 0.1) is 11.6 Å². The van der Waals surface area contributed by atoms with Gasteiger partial charge >= 0.3 is 0 Å². The third kappa shape index (κ3) is 3.48. The molecule has 0 aromatic heterocycles. The standard InChI is InChI=1S/C25H20F2/c1-2-4-17-7-9-18(10-8-17)19-11-13-24-21(15-19)12-14-23(25(24)27)20-5-3-6-22(26)16-20/h3,5-16H,2,4H2,1H3. The number of halogens is 2. The molecule has 0 unspecified atom stereocenters. The van der Waals surface area contributed by atoms with Gasteiger partial charge < -0.3 is 0 Å². The highest BCUT2D eigenvalue weighted by Crippen LogP contribution is 2.32. The summed E-state index contributed by atoms with van der Waals surface area (Å²) in [6.45, 7) is 2.17. The van der Waals surface area contributed by atoms with Crippen LogP contribution in [0.15, 0.2) is 78.9 Å². The molecule has 0 aliphatic rings. The van der Waals surface area contributed by atoms with Crippen LogP contribution in [0.4, 0.5) is 8.78 Å². The van der Waals surface area contributed by atoms with Gasteiger partial charge in [-0.05, 0) is 52.3 Å². The summed E-state index contributed by atoms with van der Waals surface area (Å²) < 4.78 is 28.5. The fraction of sp³-hybridized carbons (Fsp3) is 0.120. The van der Waals surface area contributed by atoms with Gasteiger partial charge in [0.15, 0.2) is 0 Å². The van der Waals surface area contributed by atoms with Gasteiger partial charge in [0.05, 0.1) is 0 Å². The lowest BCUT2D eigenvalue weighted by molar-refractivity contribution is 0.627. The zero-order valence-electron chi connectivity index (χ0n) is 15.2. The number of fused-ring (bicyclic) bond motifs is 1. The molecule has 0 aliphatic heterocycles. The molecule has 0 heterocycles. The lowest BCUT2D eigenvalue weighted by atomic mass is 9.96. The third-order valence-corrected chi connectivity index (χ3v) is 4.92. The molecular weight excluding hydrogens is 338 g/mol. The summed E-state index contributed by atoms with van der Waals surface area (Å²) in [5.41, 5.74) is 4.46. The van der Waals surface area contributed by atoms with E-state index in [-0.39, 0.29) is 11.6 Å². The van der Waals surface area contributed by atoms with Gasteiger partial charge in [0.1, 0.15) is 11.6 Å². The number of hydrogen-bond acceptors (Lipinski definition) is 0. The first-order valence-corrected chi connectivity index (χ1v) is 9.23. The van der Waals surface area contributed by atoms with Crippen molar-refractivity contribution in [3.05, 3.63) is 96.1 Å². The van der Waals surface area contributed by atoms with Crippen molar-refractivity contribution < 1.29 is 8.78 Å². The maximum Gasteiger partial charge on any atom is 0.138 e. The van der Waals surface area contributed by atoms with Gasteiger partial charge in [-0.15, -0.1) is 0 Å². The summed E-state index contributed by atoms with van der Waals surface area (Å²) in [7, 11) is 0. The van der Waals surface area contributed by atoms with E-state index >= 15 is 4.39 Å². The molecule has 0 fully saturated rings. The Balaban J connectivity index is 1.74. The SMILES string of the molecule is CCCc1ccc(-c2ccc3c(F)c(-c4cccc(F)c4)ccc3c2)cc1. The van der Waals surface area contributed by atoms with E-state index in [2.05, 4.69) is 31.2 Å². The molecular formula is C25H20F2. The fourth-order valence-electron chi connectivity index (χ4n) is 3.50. The fourth-order valence-corrected chi connectivity index (χ4v) is 3.50. The van der Waals surface area contributed by atoms with E-state index in [1.807, 2.05) is 24.3 Å². The zero-order chi connectivity index (χ0) is 18.8. The van der Waals surface area contributed by atoms with Crippen LogP contribution in [-0.2, 0) is 6.42 Å². The number of hydrogen-bond donors (Lipinski definition) is 0. The molecule has 0 nitrogen and oxygen atoms in total. The van der Waals surface area contributed by atoms with E-state index in [9.17, 15) is 4.39 Å². The lowest BCUT2D eigenvalue weighted by Gasteiger charge is -2.10. The van der Waals surface area contributed by atoms with E-state index in [0.717, 1.165) is 29.4 Å². The van der Waals surface area contributed by atoms with E-state index in [1.165, 1.54) is 17.7 Å². The Labute approximate surface area is 158 Å². The zero-order valence-corrected chi connectivity index (χ0v) is 15.2. The van der Waals surface area contributed by atoms with Crippen molar-refractivity contribution in [3.63, 3.8) is 0 Å². The summed E-state index contributed by atoms with van der Waals surface area (Å²) in [6.07, 6.45) is 2.20. The Morgan fingerprint density at radius 3 is 2.22 bits per heavy atom. The largest absolute Gasteiger partial charge is 0.207 e. The molecule has 4 aromatic carbocycles. The molecule has 0 radical (unpaired) electrons. The summed E-state index contributed by atoms with van der Waals surface area (Å²) in [5.74, 6) is -0.684.